The van der Waals surface area contributed by atoms with Crippen molar-refractivity contribution in [1.82, 2.24) is 4.98 Å². The van der Waals surface area contributed by atoms with E-state index in [0.717, 1.165) is 11.3 Å². The van der Waals surface area contributed by atoms with Gasteiger partial charge in [-0.25, -0.2) is 0 Å². The van der Waals surface area contributed by atoms with Gasteiger partial charge in [0, 0.05) is 11.7 Å². The molecule has 1 radical (unpaired) electrons. The zero-order chi connectivity index (χ0) is 10.6. The summed E-state index contributed by atoms with van der Waals surface area (Å²) < 4.78 is 5.13. The number of hydrogen-bond acceptors (Lipinski definition) is 4. The second-order valence-electron chi connectivity index (χ2n) is 2.84. The fourth-order valence-electron chi connectivity index (χ4n) is 1.04. The van der Waals surface area contributed by atoms with Gasteiger partial charge >= 0.3 is 7.12 Å². The lowest BCUT2D eigenvalue weighted by molar-refractivity contribution is 0.329. The van der Waals surface area contributed by atoms with Crippen molar-refractivity contribution < 1.29 is 14.5 Å². The van der Waals surface area contributed by atoms with Gasteiger partial charge in [-0.3, -0.25) is 4.98 Å². The van der Waals surface area contributed by atoms with Crippen LogP contribution in [0.1, 0.15) is 11.3 Å². The molecule has 14 heavy (non-hydrogen) atoms. The van der Waals surface area contributed by atoms with Gasteiger partial charge in [-0.05, 0) is 12.5 Å². The molecule has 0 saturated carbocycles. The minimum absolute atomic E-state index is 0.183. The van der Waals surface area contributed by atoms with E-state index in [-0.39, 0.29) is 9.38 Å². The molecule has 4 nitrogen and oxygen atoms in total. The maximum atomic E-state index is 8.89. The quantitative estimate of drug-likeness (QED) is 0.600. The highest BCUT2D eigenvalue weighted by molar-refractivity contribution is 6.58. The number of aryl methyl sites for hydroxylation is 1. The topological polar surface area (TPSA) is 62.6 Å². The monoisotopic (exact) mass is 208 g/mol. The van der Waals surface area contributed by atoms with E-state index in [1.807, 2.05) is 6.92 Å². The van der Waals surface area contributed by atoms with Crippen molar-refractivity contribution in [3.8, 4) is 0 Å². The molecule has 0 aliphatic carbocycles. The summed E-state index contributed by atoms with van der Waals surface area (Å²) in [6, 6.07) is 1.68. The van der Waals surface area contributed by atoms with Crippen LogP contribution in [-0.4, -0.2) is 37.7 Å². The molecule has 0 fully saturated rings. The number of aromatic nitrogens is 1. The molecule has 2 N–H and O–H groups in total. The Morgan fingerprint density at radius 2 is 2.36 bits per heavy atom. The molecule has 0 bridgehead atoms. The first-order valence-electron chi connectivity index (χ1n) is 4.10. The largest absolute Gasteiger partial charge is 0.542 e. The van der Waals surface area contributed by atoms with Gasteiger partial charge < -0.3 is 14.5 Å². The lowest BCUT2D eigenvalue weighted by Crippen LogP contribution is -2.30. The van der Waals surface area contributed by atoms with Gasteiger partial charge in [-0.15, -0.1) is 0 Å². The van der Waals surface area contributed by atoms with E-state index in [9.17, 15) is 0 Å². The third-order valence-corrected chi connectivity index (χ3v) is 2.17. The molecule has 1 rings (SSSR count). The molecule has 73 valence electrons. The van der Waals surface area contributed by atoms with Crippen molar-refractivity contribution in [3.05, 3.63) is 23.5 Å². The van der Waals surface area contributed by atoms with Crippen molar-refractivity contribution in [1.29, 1.82) is 0 Å². The van der Waals surface area contributed by atoms with Crippen molar-refractivity contribution in [2.24, 2.45) is 0 Å². The van der Waals surface area contributed by atoms with Gasteiger partial charge in [0.2, 0.25) is 0 Å². The molecule has 6 heteroatoms. The van der Waals surface area contributed by atoms with Gasteiger partial charge in [0.25, 0.3) is 9.38 Å². The molecule has 0 aliphatic heterocycles. The van der Waals surface area contributed by atoms with Crippen LogP contribution in [0.2, 0.25) is 0 Å². The summed E-state index contributed by atoms with van der Waals surface area (Å²) in [5.74, 6) is 0. The van der Waals surface area contributed by atoms with Crippen LogP contribution < -0.4 is 5.46 Å². The van der Waals surface area contributed by atoms with E-state index in [4.69, 9.17) is 14.5 Å². The Morgan fingerprint density at radius 3 is 2.86 bits per heavy atom. The van der Waals surface area contributed by atoms with Crippen LogP contribution in [-0.2, 0) is 11.0 Å². The van der Waals surface area contributed by atoms with Crippen LogP contribution in [0.25, 0.3) is 0 Å². The molecule has 0 aromatic carbocycles. The fourth-order valence-corrected chi connectivity index (χ4v) is 1.28. The maximum absolute atomic E-state index is 8.89. The molecular weight excluding hydrogens is 197 g/mol. The number of rotatable bonds is 4. The molecule has 0 atom stereocenters. The number of hydrogen-bond donors (Lipinski definition) is 2. The Kier molecular flexibility index (Phi) is 4.00. The second-order valence-corrected chi connectivity index (χ2v) is 3.42. The van der Waals surface area contributed by atoms with Crippen molar-refractivity contribution in [2.45, 2.75) is 13.5 Å². The molecule has 1 heterocycles. The lowest BCUT2D eigenvalue weighted by Gasteiger charge is -2.06. The number of nitrogens with zero attached hydrogens (tertiary/aromatic N) is 1. The highest BCUT2D eigenvalue weighted by Crippen LogP contribution is 2.02. The molecule has 0 unspecified atom stereocenters. The predicted octanol–water partition coefficient (Wildman–Crippen LogP) is -1.36. The predicted molar refractivity (Wildman–Crippen MR) is 56.5 cm³/mol. The third kappa shape index (κ3) is 2.76. The van der Waals surface area contributed by atoms with E-state index in [1.165, 1.54) is 6.20 Å². The van der Waals surface area contributed by atoms with E-state index >= 15 is 0 Å². The Balaban J connectivity index is 2.84. The fraction of sp³-hybridized carbons (Fsp3) is 0.250. The van der Waals surface area contributed by atoms with Crippen LogP contribution in [0.3, 0.4) is 0 Å². The van der Waals surface area contributed by atoms with Crippen LogP contribution >= 0.6 is 0 Å². The van der Waals surface area contributed by atoms with Crippen LogP contribution in [0.15, 0.2) is 12.3 Å². The summed E-state index contributed by atoms with van der Waals surface area (Å²) in [7, 11) is -1.28. The van der Waals surface area contributed by atoms with Crippen LogP contribution in [0.4, 0.5) is 0 Å². The van der Waals surface area contributed by atoms with Gasteiger partial charge in [-0.1, -0.05) is 12.2 Å². The summed E-state index contributed by atoms with van der Waals surface area (Å²) >= 11 is 0. The third-order valence-electron chi connectivity index (χ3n) is 1.82. The highest BCUT2D eigenvalue weighted by Gasteiger charge is 2.12. The molecular formula is C8H11BNO3Si. The average Bonchev–Trinajstić information content (AvgIpc) is 2.15. The maximum Gasteiger partial charge on any atom is 0.490 e. The van der Waals surface area contributed by atoms with E-state index in [1.54, 1.807) is 6.07 Å². The normalized spacial score (nSPS) is 9.64. The Morgan fingerprint density at radius 1 is 1.64 bits per heavy atom. The molecule has 0 amide bonds. The first kappa shape index (κ1) is 11.1. The SMILES string of the molecule is C=[Si]OCc1ncc(B(O)O)cc1C. The molecule has 1 aromatic rings. The standard InChI is InChI=1S/C8H11BNO3Si/c1-6-3-7(9(11)12)4-10-8(6)5-13-14-2/h3-4,11-12H,2,5H2,1H3. The van der Waals surface area contributed by atoms with Crippen molar-refractivity contribution in [2.75, 3.05) is 0 Å². The Labute approximate surface area is 85.3 Å². The lowest BCUT2D eigenvalue weighted by atomic mass is 9.81. The highest BCUT2D eigenvalue weighted by atomic mass is 28.2. The smallest absolute Gasteiger partial charge is 0.490 e. The zero-order valence-electron chi connectivity index (χ0n) is 7.90. The summed E-state index contributed by atoms with van der Waals surface area (Å²) in [5.41, 5.74) is 2.07. The Hall–Kier alpha value is -0.978. The minimum atomic E-state index is -1.47. The Bertz CT molecular complexity index is 332. The molecule has 0 saturated heterocycles. The van der Waals surface area contributed by atoms with Gasteiger partial charge in [0.15, 0.2) is 0 Å². The van der Waals surface area contributed by atoms with Gasteiger partial charge in [0.05, 0.1) is 5.69 Å². The van der Waals surface area contributed by atoms with E-state index in [2.05, 4.69) is 11.2 Å². The van der Waals surface area contributed by atoms with Crippen LogP contribution in [0.5, 0.6) is 0 Å². The van der Waals surface area contributed by atoms with E-state index in [0.29, 0.717) is 12.1 Å². The first-order valence-corrected chi connectivity index (χ1v) is 5.22. The number of pyridine rings is 1. The second kappa shape index (κ2) is 5.04. The summed E-state index contributed by atoms with van der Waals surface area (Å²) in [6.07, 6.45) is 5.01. The molecule has 1 aromatic heterocycles. The average molecular weight is 208 g/mol. The summed E-state index contributed by atoms with van der Waals surface area (Å²) in [4.78, 5) is 4.07. The summed E-state index contributed by atoms with van der Waals surface area (Å²) in [6.45, 7) is 2.26. The zero-order valence-corrected chi connectivity index (χ0v) is 8.90. The molecule has 0 spiro atoms. The molecule has 0 aliphatic rings. The van der Waals surface area contributed by atoms with E-state index < -0.39 is 7.12 Å². The van der Waals surface area contributed by atoms with Crippen molar-refractivity contribution in [3.63, 3.8) is 0 Å². The van der Waals surface area contributed by atoms with Gasteiger partial charge in [0.1, 0.15) is 6.61 Å². The van der Waals surface area contributed by atoms with Gasteiger partial charge in [-0.2, -0.15) is 0 Å². The summed E-state index contributed by atoms with van der Waals surface area (Å²) in [5, 5.41) is 17.8. The van der Waals surface area contributed by atoms with Crippen LogP contribution in [0, 0.1) is 6.92 Å². The first-order chi connectivity index (χ1) is 6.65. The minimum Gasteiger partial charge on any atom is -0.542 e. The van der Waals surface area contributed by atoms with Crippen molar-refractivity contribution >= 4 is 28.1 Å².